The molecule has 128 valence electrons. The number of rotatable bonds is 6. The Balaban J connectivity index is 1.51. The molecule has 1 fully saturated rings. The third-order valence-electron chi connectivity index (χ3n) is 4.73. The van der Waals surface area contributed by atoms with Crippen molar-refractivity contribution in [2.45, 2.75) is 38.1 Å². The summed E-state index contributed by atoms with van der Waals surface area (Å²) >= 11 is 0. The average Bonchev–Trinajstić information content (AvgIpc) is 3.18. The van der Waals surface area contributed by atoms with Gasteiger partial charge in [0.05, 0.1) is 23.5 Å². The van der Waals surface area contributed by atoms with Gasteiger partial charge in [-0.25, -0.2) is 4.98 Å². The minimum atomic E-state index is -0.132. The highest BCUT2D eigenvalue weighted by Gasteiger charge is 2.29. The molecule has 1 amide bonds. The van der Waals surface area contributed by atoms with Crippen molar-refractivity contribution in [1.82, 2.24) is 20.3 Å². The van der Waals surface area contributed by atoms with E-state index in [2.05, 4.69) is 27.2 Å². The summed E-state index contributed by atoms with van der Waals surface area (Å²) in [5.41, 5.74) is 3.88. The molecule has 1 atom stereocenters. The SMILES string of the molecule is CC[C@@H](NC(=O)c1cc[nH]c1C1CC1)c1ncc(-c2ccccc2)[nH]1. The molecule has 1 aromatic carbocycles. The lowest BCUT2D eigenvalue weighted by Gasteiger charge is -2.15. The van der Waals surface area contributed by atoms with Gasteiger partial charge in [-0.1, -0.05) is 37.3 Å². The van der Waals surface area contributed by atoms with Crippen LogP contribution in [0, 0.1) is 0 Å². The topological polar surface area (TPSA) is 73.6 Å². The number of benzene rings is 1. The third kappa shape index (κ3) is 3.22. The van der Waals surface area contributed by atoms with Crippen LogP contribution >= 0.6 is 0 Å². The first-order chi connectivity index (χ1) is 12.3. The van der Waals surface area contributed by atoms with E-state index in [1.165, 1.54) is 0 Å². The van der Waals surface area contributed by atoms with E-state index >= 15 is 0 Å². The van der Waals surface area contributed by atoms with Crippen molar-refractivity contribution >= 4 is 5.91 Å². The largest absolute Gasteiger partial charge is 0.364 e. The summed E-state index contributed by atoms with van der Waals surface area (Å²) in [6.07, 6.45) is 6.78. The summed E-state index contributed by atoms with van der Waals surface area (Å²) in [5, 5.41) is 3.12. The molecular formula is C20H22N4O. The van der Waals surface area contributed by atoms with Crippen LogP contribution in [0.3, 0.4) is 0 Å². The number of amides is 1. The Morgan fingerprint density at radius 2 is 2.08 bits per heavy atom. The van der Waals surface area contributed by atoms with Gasteiger partial charge in [-0.05, 0) is 36.8 Å². The fraction of sp³-hybridized carbons (Fsp3) is 0.300. The molecule has 0 saturated heterocycles. The van der Waals surface area contributed by atoms with Crippen LogP contribution in [0.2, 0.25) is 0 Å². The number of aromatic amines is 2. The van der Waals surface area contributed by atoms with Crippen molar-refractivity contribution in [3.05, 3.63) is 65.9 Å². The number of carbonyl (C=O) groups excluding carboxylic acids is 1. The van der Waals surface area contributed by atoms with E-state index in [0.29, 0.717) is 5.92 Å². The lowest BCUT2D eigenvalue weighted by Crippen LogP contribution is -2.29. The van der Waals surface area contributed by atoms with Crippen molar-refractivity contribution < 1.29 is 4.79 Å². The molecule has 3 N–H and O–H groups in total. The quantitative estimate of drug-likeness (QED) is 0.633. The first kappa shape index (κ1) is 15.7. The van der Waals surface area contributed by atoms with Crippen molar-refractivity contribution in [3.63, 3.8) is 0 Å². The number of carbonyl (C=O) groups is 1. The second kappa shape index (κ2) is 6.59. The van der Waals surface area contributed by atoms with Crippen LogP contribution in [0.15, 0.2) is 48.8 Å². The molecule has 1 saturated carbocycles. The molecule has 1 aliphatic carbocycles. The zero-order chi connectivity index (χ0) is 17.2. The maximum atomic E-state index is 12.7. The predicted octanol–water partition coefficient (Wildman–Crippen LogP) is 4.16. The van der Waals surface area contributed by atoms with Gasteiger partial charge in [0.25, 0.3) is 5.91 Å². The van der Waals surface area contributed by atoms with Crippen LogP contribution in [0.4, 0.5) is 0 Å². The maximum absolute atomic E-state index is 12.7. The number of hydrogen-bond donors (Lipinski definition) is 3. The molecule has 0 bridgehead atoms. The number of nitrogens with zero attached hydrogens (tertiary/aromatic N) is 1. The second-order valence-corrected chi connectivity index (χ2v) is 6.56. The minimum Gasteiger partial charge on any atom is -0.364 e. The molecule has 5 heteroatoms. The van der Waals surface area contributed by atoms with Crippen molar-refractivity contribution in [2.75, 3.05) is 0 Å². The van der Waals surface area contributed by atoms with Gasteiger partial charge in [-0.3, -0.25) is 4.79 Å². The molecule has 5 nitrogen and oxygen atoms in total. The summed E-state index contributed by atoms with van der Waals surface area (Å²) < 4.78 is 0. The van der Waals surface area contributed by atoms with Crippen molar-refractivity contribution in [1.29, 1.82) is 0 Å². The summed E-state index contributed by atoms with van der Waals surface area (Å²) in [5.74, 6) is 1.27. The van der Waals surface area contributed by atoms with Gasteiger partial charge in [0.15, 0.2) is 0 Å². The number of aromatic nitrogens is 3. The van der Waals surface area contributed by atoms with Crippen LogP contribution in [0.1, 0.15) is 60.0 Å². The van der Waals surface area contributed by atoms with Crippen LogP contribution in [0.25, 0.3) is 11.3 Å². The average molecular weight is 334 g/mol. The lowest BCUT2D eigenvalue weighted by atomic mass is 10.1. The zero-order valence-electron chi connectivity index (χ0n) is 14.3. The molecule has 4 rings (SSSR count). The Morgan fingerprint density at radius 1 is 1.28 bits per heavy atom. The molecule has 0 unspecified atom stereocenters. The zero-order valence-corrected chi connectivity index (χ0v) is 14.3. The Labute approximate surface area is 146 Å². The van der Waals surface area contributed by atoms with Crippen molar-refractivity contribution in [3.8, 4) is 11.3 Å². The monoisotopic (exact) mass is 334 g/mol. The highest BCUT2D eigenvalue weighted by molar-refractivity contribution is 5.96. The fourth-order valence-electron chi connectivity index (χ4n) is 3.17. The molecule has 0 radical (unpaired) electrons. The number of hydrogen-bond acceptors (Lipinski definition) is 2. The highest BCUT2D eigenvalue weighted by Crippen LogP contribution is 2.40. The molecular weight excluding hydrogens is 312 g/mol. The number of imidazole rings is 1. The van der Waals surface area contributed by atoms with Crippen molar-refractivity contribution in [2.24, 2.45) is 0 Å². The van der Waals surface area contributed by atoms with E-state index in [1.54, 1.807) is 0 Å². The molecule has 2 heterocycles. The van der Waals surface area contributed by atoms with E-state index in [0.717, 1.165) is 47.6 Å². The van der Waals surface area contributed by atoms with E-state index in [4.69, 9.17) is 0 Å². The third-order valence-corrected chi connectivity index (χ3v) is 4.73. The number of nitrogens with one attached hydrogen (secondary N) is 3. The Bertz CT molecular complexity index is 861. The summed E-state index contributed by atoms with van der Waals surface area (Å²) in [6.45, 7) is 2.05. The van der Waals surface area contributed by atoms with E-state index in [9.17, 15) is 4.79 Å². The molecule has 0 spiro atoms. The summed E-state index contributed by atoms with van der Waals surface area (Å²) in [4.78, 5) is 23.8. The van der Waals surface area contributed by atoms with Crippen LogP contribution < -0.4 is 5.32 Å². The molecule has 25 heavy (non-hydrogen) atoms. The maximum Gasteiger partial charge on any atom is 0.253 e. The highest BCUT2D eigenvalue weighted by atomic mass is 16.1. The van der Waals surface area contributed by atoms with Gasteiger partial charge in [0.2, 0.25) is 0 Å². The first-order valence-corrected chi connectivity index (χ1v) is 8.84. The summed E-state index contributed by atoms with van der Waals surface area (Å²) in [7, 11) is 0. The normalized spacial score (nSPS) is 15.1. The van der Waals surface area contributed by atoms with E-state index in [-0.39, 0.29) is 11.9 Å². The van der Waals surface area contributed by atoms with Gasteiger partial charge in [-0.15, -0.1) is 0 Å². The lowest BCUT2D eigenvalue weighted by molar-refractivity contribution is 0.0933. The van der Waals surface area contributed by atoms with Gasteiger partial charge in [-0.2, -0.15) is 0 Å². The molecule has 3 aromatic rings. The molecule has 0 aliphatic heterocycles. The molecule has 1 aliphatic rings. The Kier molecular flexibility index (Phi) is 4.14. The Morgan fingerprint density at radius 3 is 2.80 bits per heavy atom. The predicted molar refractivity (Wildman–Crippen MR) is 97.3 cm³/mol. The Hall–Kier alpha value is -2.82. The van der Waals surface area contributed by atoms with Gasteiger partial charge in [0.1, 0.15) is 5.82 Å². The van der Waals surface area contributed by atoms with E-state index in [1.807, 2.05) is 48.8 Å². The fourth-order valence-corrected chi connectivity index (χ4v) is 3.17. The smallest absolute Gasteiger partial charge is 0.253 e. The minimum absolute atomic E-state index is 0.0346. The van der Waals surface area contributed by atoms with E-state index < -0.39 is 0 Å². The molecule has 2 aromatic heterocycles. The standard InChI is InChI=1S/C20H22N4O/c1-2-16(19-22-12-17(23-19)13-6-4-3-5-7-13)24-20(25)15-10-11-21-18(15)14-8-9-14/h3-7,10-12,14,16,21H,2,8-9H2,1H3,(H,22,23)(H,24,25)/t16-/m1/s1. The second-order valence-electron chi connectivity index (χ2n) is 6.56. The van der Waals surface area contributed by atoms with Gasteiger partial charge >= 0.3 is 0 Å². The number of H-pyrrole nitrogens is 2. The van der Waals surface area contributed by atoms with Gasteiger partial charge in [0, 0.05) is 11.9 Å². The van der Waals surface area contributed by atoms with Gasteiger partial charge < -0.3 is 15.3 Å². The first-order valence-electron chi connectivity index (χ1n) is 8.84. The van der Waals surface area contributed by atoms with Crippen LogP contribution in [-0.2, 0) is 0 Å². The van der Waals surface area contributed by atoms with Crippen LogP contribution in [-0.4, -0.2) is 20.9 Å². The van der Waals surface area contributed by atoms with Crippen LogP contribution in [0.5, 0.6) is 0 Å². The summed E-state index contributed by atoms with van der Waals surface area (Å²) in [6, 6.07) is 11.8.